The summed E-state index contributed by atoms with van der Waals surface area (Å²) in [5.74, 6) is -1.86. The molecule has 0 bridgehead atoms. The molecular formula is C13H15FN2O3. The lowest BCUT2D eigenvalue weighted by Gasteiger charge is -2.23. The fourth-order valence-electron chi connectivity index (χ4n) is 2.15. The summed E-state index contributed by atoms with van der Waals surface area (Å²) in [7, 11) is 1.72. The number of carboxylic acids is 1. The lowest BCUT2D eigenvalue weighted by Crippen LogP contribution is -2.35. The van der Waals surface area contributed by atoms with E-state index in [1.165, 1.54) is 12.1 Å². The average molecular weight is 266 g/mol. The number of carbonyl (C=O) groups is 2. The number of nitrogens with zero attached hydrogens (tertiary/aromatic N) is 2. The van der Waals surface area contributed by atoms with Gasteiger partial charge in [0.1, 0.15) is 5.82 Å². The highest BCUT2D eigenvalue weighted by molar-refractivity contribution is 5.95. The fourth-order valence-corrected chi connectivity index (χ4v) is 2.15. The van der Waals surface area contributed by atoms with Gasteiger partial charge in [-0.3, -0.25) is 4.79 Å². The molecule has 5 nitrogen and oxygen atoms in total. The zero-order valence-electron chi connectivity index (χ0n) is 10.6. The van der Waals surface area contributed by atoms with Crippen molar-refractivity contribution in [2.24, 2.45) is 0 Å². The van der Waals surface area contributed by atoms with Gasteiger partial charge in [-0.1, -0.05) is 0 Å². The summed E-state index contributed by atoms with van der Waals surface area (Å²) in [5.41, 5.74) is 0.273. The highest BCUT2D eigenvalue weighted by Gasteiger charge is 2.23. The molecule has 0 radical (unpaired) electrons. The Morgan fingerprint density at radius 2 is 2.11 bits per heavy atom. The summed E-state index contributed by atoms with van der Waals surface area (Å²) in [5, 5.41) is 9.12. The van der Waals surface area contributed by atoms with E-state index >= 15 is 0 Å². The second kappa shape index (κ2) is 5.26. The number of aromatic carboxylic acids is 1. The van der Waals surface area contributed by atoms with Crippen molar-refractivity contribution in [2.75, 3.05) is 31.6 Å². The first kappa shape index (κ1) is 13.3. The van der Waals surface area contributed by atoms with E-state index < -0.39 is 11.8 Å². The van der Waals surface area contributed by atoms with Crippen LogP contribution in [0.1, 0.15) is 16.8 Å². The van der Waals surface area contributed by atoms with Crippen molar-refractivity contribution >= 4 is 17.6 Å². The molecule has 1 aliphatic heterocycles. The minimum Gasteiger partial charge on any atom is -0.478 e. The van der Waals surface area contributed by atoms with Gasteiger partial charge in [-0.2, -0.15) is 0 Å². The van der Waals surface area contributed by atoms with Crippen LogP contribution in [-0.4, -0.2) is 48.6 Å². The maximum absolute atomic E-state index is 13.1. The number of halogens is 1. The van der Waals surface area contributed by atoms with Gasteiger partial charge in [-0.25, -0.2) is 9.18 Å². The first-order valence-electron chi connectivity index (χ1n) is 6.01. The zero-order chi connectivity index (χ0) is 14.0. The molecule has 0 aromatic heterocycles. The van der Waals surface area contributed by atoms with Crippen molar-refractivity contribution in [3.8, 4) is 0 Å². The normalized spacial score (nSPS) is 16.4. The SMILES string of the molecule is CN1CCCN(c2ccc(F)cc2C(=O)O)CC1=O. The summed E-state index contributed by atoms with van der Waals surface area (Å²) in [6.07, 6.45) is 0.749. The molecule has 102 valence electrons. The van der Waals surface area contributed by atoms with Crippen LogP contribution in [-0.2, 0) is 4.79 Å². The minimum absolute atomic E-state index is 0.0711. The van der Waals surface area contributed by atoms with E-state index in [2.05, 4.69) is 0 Å². The number of benzene rings is 1. The van der Waals surface area contributed by atoms with Crippen LogP contribution in [0.4, 0.5) is 10.1 Å². The molecule has 1 saturated heterocycles. The minimum atomic E-state index is -1.19. The summed E-state index contributed by atoms with van der Waals surface area (Å²) in [4.78, 5) is 26.3. The van der Waals surface area contributed by atoms with Gasteiger partial charge in [0.15, 0.2) is 0 Å². The van der Waals surface area contributed by atoms with Crippen LogP contribution in [0.3, 0.4) is 0 Å². The van der Waals surface area contributed by atoms with Crippen LogP contribution in [0, 0.1) is 5.82 Å². The third kappa shape index (κ3) is 2.83. The Morgan fingerprint density at radius 1 is 1.37 bits per heavy atom. The Bertz CT molecular complexity index is 519. The van der Waals surface area contributed by atoms with Crippen molar-refractivity contribution in [3.05, 3.63) is 29.6 Å². The van der Waals surface area contributed by atoms with Gasteiger partial charge >= 0.3 is 5.97 Å². The van der Waals surface area contributed by atoms with Crippen molar-refractivity contribution in [3.63, 3.8) is 0 Å². The molecule has 1 amide bonds. The molecule has 0 atom stereocenters. The van der Waals surface area contributed by atoms with Crippen LogP contribution in [0.5, 0.6) is 0 Å². The first-order valence-corrected chi connectivity index (χ1v) is 6.01. The monoisotopic (exact) mass is 266 g/mol. The van der Waals surface area contributed by atoms with E-state index in [0.29, 0.717) is 18.8 Å². The van der Waals surface area contributed by atoms with Gasteiger partial charge in [0.25, 0.3) is 0 Å². The number of likely N-dealkylation sites (N-methyl/N-ethyl adjacent to an activating group) is 1. The number of anilines is 1. The number of carboxylic acid groups (broad SMARTS) is 1. The number of hydrogen-bond acceptors (Lipinski definition) is 3. The van der Waals surface area contributed by atoms with Crippen molar-refractivity contribution in [2.45, 2.75) is 6.42 Å². The number of rotatable bonds is 2. The smallest absolute Gasteiger partial charge is 0.337 e. The van der Waals surface area contributed by atoms with Gasteiger partial charge in [-0.05, 0) is 24.6 Å². The third-order valence-electron chi connectivity index (χ3n) is 3.20. The van der Waals surface area contributed by atoms with Gasteiger partial charge in [0, 0.05) is 20.1 Å². The molecule has 1 heterocycles. The van der Waals surface area contributed by atoms with Gasteiger partial charge < -0.3 is 14.9 Å². The van der Waals surface area contributed by atoms with Crippen molar-refractivity contribution < 1.29 is 19.1 Å². The van der Waals surface area contributed by atoms with Crippen LogP contribution >= 0.6 is 0 Å². The quantitative estimate of drug-likeness (QED) is 0.873. The van der Waals surface area contributed by atoms with Gasteiger partial charge in [0.2, 0.25) is 5.91 Å². The number of hydrogen-bond donors (Lipinski definition) is 1. The predicted octanol–water partition coefficient (Wildman–Crippen LogP) is 1.19. The van der Waals surface area contributed by atoms with Gasteiger partial charge in [-0.15, -0.1) is 0 Å². The van der Waals surface area contributed by atoms with E-state index in [-0.39, 0.29) is 18.0 Å². The highest BCUT2D eigenvalue weighted by atomic mass is 19.1. The summed E-state index contributed by atoms with van der Waals surface area (Å²) >= 11 is 0. The topological polar surface area (TPSA) is 60.9 Å². The van der Waals surface area contributed by atoms with E-state index in [9.17, 15) is 14.0 Å². The van der Waals surface area contributed by atoms with E-state index in [1.54, 1.807) is 16.8 Å². The van der Waals surface area contributed by atoms with E-state index in [1.807, 2.05) is 0 Å². The predicted molar refractivity (Wildman–Crippen MR) is 67.8 cm³/mol. The maximum atomic E-state index is 13.1. The maximum Gasteiger partial charge on any atom is 0.337 e. The van der Waals surface area contributed by atoms with E-state index in [0.717, 1.165) is 12.5 Å². The van der Waals surface area contributed by atoms with E-state index in [4.69, 9.17) is 5.11 Å². The molecule has 0 unspecified atom stereocenters. The Hall–Kier alpha value is -2.11. The number of amides is 1. The largest absolute Gasteiger partial charge is 0.478 e. The molecule has 1 aromatic carbocycles. The number of carbonyl (C=O) groups excluding carboxylic acids is 1. The Labute approximate surface area is 110 Å². The molecule has 0 saturated carbocycles. The second-order valence-corrected chi connectivity index (χ2v) is 4.56. The summed E-state index contributed by atoms with van der Waals surface area (Å²) < 4.78 is 13.1. The third-order valence-corrected chi connectivity index (χ3v) is 3.20. The van der Waals surface area contributed by atoms with Crippen LogP contribution in [0.2, 0.25) is 0 Å². The Balaban J connectivity index is 2.35. The average Bonchev–Trinajstić information content (AvgIpc) is 2.52. The molecule has 1 fully saturated rings. The molecular weight excluding hydrogens is 251 g/mol. The molecule has 19 heavy (non-hydrogen) atoms. The Kier molecular flexibility index (Phi) is 3.69. The Morgan fingerprint density at radius 3 is 2.79 bits per heavy atom. The lowest BCUT2D eigenvalue weighted by molar-refractivity contribution is -0.127. The molecule has 1 aliphatic rings. The summed E-state index contributed by atoms with van der Waals surface area (Å²) in [6.45, 7) is 1.32. The van der Waals surface area contributed by atoms with Crippen molar-refractivity contribution in [1.82, 2.24) is 4.90 Å². The fraction of sp³-hybridized carbons (Fsp3) is 0.385. The molecule has 2 rings (SSSR count). The van der Waals surface area contributed by atoms with Crippen LogP contribution in [0.25, 0.3) is 0 Å². The van der Waals surface area contributed by atoms with Crippen molar-refractivity contribution in [1.29, 1.82) is 0 Å². The zero-order valence-corrected chi connectivity index (χ0v) is 10.6. The standard InChI is InChI=1S/C13H15FN2O3/c1-15-5-2-6-16(8-12(15)17)11-4-3-9(14)7-10(11)13(18)19/h3-4,7H,2,5-6,8H2,1H3,(H,18,19). The molecule has 0 aliphatic carbocycles. The molecule has 6 heteroatoms. The highest BCUT2D eigenvalue weighted by Crippen LogP contribution is 2.23. The van der Waals surface area contributed by atoms with Crippen LogP contribution in [0.15, 0.2) is 18.2 Å². The van der Waals surface area contributed by atoms with Crippen LogP contribution < -0.4 is 4.90 Å². The second-order valence-electron chi connectivity index (χ2n) is 4.56. The summed E-state index contributed by atoms with van der Waals surface area (Å²) in [6, 6.07) is 3.61. The first-order chi connectivity index (χ1) is 8.99. The lowest BCUT2D eigenvalue weighted by atomic mass is 10.1. The van der Waals surface area contributed by atoms with Gasteiger partial charge in [0.05, 0.1) is 17.8 Å². The molecule has 1 N–H and O–H groups in total. The molecule has 0 spiro atoms. The molecule has 1 aromatic rings.